The van der Waals surface area contributed by atoms with Crippen molar-refractivity contribution in [2.24, 2.45) is 0 Å². The summed E-state index contributed by atoms with van der Waals surface area (Å²) in [4.78, 5) is 18.1. The molecule has 5 heteroatoms. The number of thiocarbonyl (C=S) groups is 1. The summed E-state index contributed by atoms with van der Waals surface area (Å²) in [7, 11) is 0. The molecule has 1 aromatic heterocycles. The van der Waals surface area contributed by atoms with Gasteiger partial charge in [0, 0.05) is 31.0 Å². The van der Waals surface area contributed by atoms with E-state index >= 15 is 0 Å². The van der Waals surface area contributed by atoms with Crippen LogP contribution in [0.4, 0.5) is 4.79 Å². The van der Waals surface area contributed by atoms with E-state index in [0.717, 1.165) is 31.5 Å². The summed E-state index contributed by atoms with van der Waals surface area (Å²) in [5.41, 5.74) is 0.771. The molecule has 0 spiro atoms. The van der Waals surface area contributed by atoms with E-state index < -0.39 is 0 Å². The van der Waals surface area contributed by atoms with Crippen LogP contribution >= 0.6 is 12.2 Å². The van der Waals surface area contributed by atoms with Gasteiger partial charge in [0.05, 0.1) is 0 Å². The van der Waals surface area contributed by atoms with Crippen molar-refractivity contribution in [3.05, 3.63) is 30.1 Å². The number of pyridine rings is 1. The van der Waals surface area contributed by atoms with Gasteiger partial charge in [-0.1, -0.05) is 12.2 Å². The number of urea groups is 1. The molecule has 1 saturated heterocycles. The highest BCUT2D eigenvalue weighted by Gasteiger charge is 2.17. The molecule has 2 amide bonds. The molecular weight excluding hydrogens is 234 g/mol. The Kier molecular flexibility index (Phi) is 4.03. The third-order valence-electron chi connectivity index (χ3n) is 2.79. The van der Waals surface area contributed by atoms with Crippen LogP contribution in [0.2, 0.25) is 0 Å². The first kappa shape index (κ1) is 12.0. The molecule has 0 aromatic carbocycles. The lowest BCUT2D eigenvalue weighted by Crippen LogP contribution is -2.44. The molecule has 90 valence electrons. The van der Waals surface area contributed by atoms with E-state index in [1.165, 1.54) is 6.42 Å². The highest BCUT2D eigenvalue weighted by Crippen LogP contribution is 2.08. The van der Waals surface area contributed by atoms with E-state index in [1.807, 2.05) is 11.0 Å². The quantitative estimate of drug-likeness (QED) is 0.774. The molecule has 0 saturated carbocycles. The molecule has 0 bridgehead atoms. The zero-order valence-corrected chi connectivity index (χ0v) is 10.4. The second-order valence-corrected chi connectivity index (χ2v) is 4.46. The summed E-state index contributed by atoms with van der Waals surface area (Å²) in [5, 5.41) is 2.74. The fourth-order valence-electron chi connectivity index (χ4n) is 1.84. The largest absolute Gasteiger partial charge is 0.325 e. The van der Waals surface area contributed by atoms with Crippen LogP contribution in [0, 0.1) is 0 Å². The molecule has 0 atom stereocenters. The summed E-state index contributed by atoms with van der Waals surface area (Å²) >= 11 is 5.17. The monoisotopic (exact) mass is 249 g/mol. The molecule has 1 aliphatic rings. The first-order valence-corrected chi connectivity index (χ1v) is 6.18. The smallest absolute Gasteiger partial charge is 0.322 e. The maximum Gasteiger partial charge on any atom is 0.322 e. The molecule has 0 radical (unpaired) electrons. The highest BCUT2D eigenvalue weighted by molar-refractivity contribution is 7.80. The number of nitrogens with zero attached hydrogens (tertiary/aromatic N) is 2. The van der Waals surface area contributed by atoms with Crippen LogP contribution in [-0.2, 0) is 0 Å². The number of likely N-dealkylation sites (tertiary alicyclic amines) is 1. The number of piperidine rings is 1. The number of rotatable bonds is 1. The first-order valence-electron chi connectivity index (χ1n) is 5.77. The fourth-order valence-corrected chi connectivity index (χ4v) is 2.05. The number of aromatic nitrogens is 1. The predicted octanol–water partition coefficient (Wildman–Crippen LogP) is 1.95. The Bertz CT molecular complexity index is 401. The molecule has 1 aliphatic heterocycles. The summed E-state index contributed by atoms with van der Waals surface area (Å²) in [6, 6.07) is 3.54. The molecule has 1 fully saturated rings. The Labute approximate surface area is 106 Å². The molecule has 4 nitrogen and oxygen atoms in total. The van der Waals surface area contributed by atoms with Crippen LogP contribution in [0.15, 0.2) is 24.5 Å². The van der Waals surface area contributed by atoms with Gasteiger partial charge < -0.3 is 4.90 Å². The Morgan fingerprint density at radius 1 is 1.35 bits per heavy atom. The van der Waals surface area contributed by atoms with E-state index in [1.54, 1.807) is 18.5 Å². The van der Waals surface area contributed by atoms with Crippen molar-refractivity contribution in [3.63, 3.8) is 0 Å². The van der Waals surface area contributed by atoms with Crippen LogP contribution in [0.3, 0.4) is 0 Å². The van der Waals surface area contributed by atoms with Crippen molar-refractivity contribution in [1.29, 1.82) is 0 Å². The van der Waals surface area contributed by atoms with E-state index in [2.05, 4.69) is 10.3 Å². The molecule has 1 aromatic rings. The van der Waals surface area contributed by atoms with E-state index in [0.29, 0.717) is 4.99 Å². The molecule has 0 unspecified atom stereocenters. The highest BCUT2D eigenvalue weighted by atomic mass is 32.1. The Balaban J connectivity index is 1.92. The van der Waals surface area contributed by atoms with Gasteiger partial charge in [0.2, 0.25) is 0 Å². The summed E-state index contributed by atoms with van der Waals surface area (Å²) in [6.07, 6.45) is 6.69. The number of nitrogens with one attached hydrogen (secondary N) is 1. The average molecular weight is 249 g/mol. The number of carbonyl (C=O) groups is 1. The minimum absolute atomic E-state index is 0.0986. The first-order chi connectivity index (χ1) is 8.27. The van der Waals surface area contributed by atoms with E-state index in [9.17, 15) is 4.79 Å². The van der Waals surface area contributed by atoms with Crippen molar-refractivity contribution >= 4 is 23.2 Å². The molecular formula is C12H15N3OS. The van der Waals surface area contributed by atoms with Crippen LogP contribution in [-0.4, -0.2) is 34.0 Å². The van der Waals surface area contributed by atoms with Gasteiger partial charge in [0.15, 0.2) is 0 Å². The summed E-state index contributed by atoms with van der Waals surface area (Å²) < 4.78 is 0. The van der Waals surface area contributed by atoms with Crippen molar-refractivity contribution in [1.82, 2.24) is 15.2 Å². The average Bonchev–Trinajstić information content (AvgIpc) is 2.40. The number of hydrogen-bond acceptors (Lipinski definition) is 3. The van der Waals surface area contributed by atoms with Crippen LogP contribution in [0.5, 0.6) is 0 Å². The van der Waals surface area contributed by atoms with E-state index in [4.69, 9.17) is 12.2 Å². The van der Waals surface area contributed by atoms with Crippen LogP contribution in [0.1, 0.15) is 24.8 Å². The zero-order chi connectivity index (χ0) is 12.1. The van der Waals surface area contributed by atoms with Crippen molar-refractivity contribution < 1.29 is 4.79 Å². The third-order valence-corrected chi connectivity index (χ3v) is 3.13. The summed E-state index contributed by atoms with van der Waals surface area (Å²) in [6.45, 7) is 1.64. The van der Waals surface area contributed by atoms with E-state index in [-0.39, 0.29) is 6.03 Å². The minimum atomic E-state index is -0.0986. The van der Waals surface area contributed by atoms with Gasteiger partial charge in [-0.2, -0.15) is 0 Å². The second kappa shape index (κ2) is 5.72. The molecule has 17 heavy (non-hydrogen) atoms. The third kappa shape index (κ3) is 3.23. The maximum absolute atomic E-state index is 11.9. The fraction of sp³-hybridized carbons (Fsp3) is 0.417. The Morgan fingerprint density at radius 2 is 2.12 bits per heavy atom. The molecule has 2 heterocycles. The van der Waals surface area contributed by atoms with Gasteiger partial charge in [0.25, 0.3) is 0 Å². The standard InChI is InChI=1S/C12H15N3OS/c16-12(15-7-2-1-3-8-15)14-11(17)10-5-4-6-13-9-10/h4-6,9H,1-3,7-8H2,(H,14,16,17). The van der Waals surface area contributed by atoms with Crippen molar-refractivity contribution in [2.75, 3.05) is 13.1 Å². The van der Waals surface area contributed by atoms with Crippen molar-refractivity contribution in [3.8, 4) is 0 Å². The second-order valence-electron chi connectivity index (χ2n) is 4.05. The molecule has 1 N–H and O–H groups in total. The van der Waals surface area contributed by atoms with Gasteiger partial charge in [-0.3, -0.25) is 10.3 Å². The van der Waals surface area contributed by atoms with Gasteiger partial charge in [-0.15, -0.1) is 0 Å². The number of amides is 2. The van der Waals surface area contributed by atoms with Crippen LogP contribution in [0.25, 0.3) is 0 Å². The Morgan fingerprint density at radius 3 is 2.76 bits per heavy atom. The van der Waals surface area contributed by atoms with Crippen LogP contribution < -0.4 is 5.32 Å². The maximum atomic E-state index is 11.9. The Hall–Kier alpha value is -1.49. The minimum Gasteiger partial charge on any atom is -0.325 e. The topological polar surface area (TPSA) is 45.2 Å². The zero-order valence-electron chi connectivity index (χ0n) is 9.56. The van der Waals surface area contributed by atoms with Gasteiger partial charge >= 0.3 is 6.03 Å². The SMILES string of the molecule is O=C(NC(=S)c1cccnc1)N1CCCCC1. The molecule has 0 aliphatic carbocycles. The number of hydrogen-bond donors (Lipinski definition) is 1. The predicted molar refractivity (Wildman–Crippen MR) is 69.9 cm³/mol. The van der Waals surface area contributed by atoms with Gasteiger partial charge in [0.1, 0.15) is 4.99 Å². The lowest BCUT2D eigenvalue weighted by Gasteiger charge is -2.26. The number of carbonyl (C=O) groups excluding carboxylic acids is 1. The lowest BCUT2D eigenvalue weighted by molar-refractivity contribution is 0.191. The van der Waals surface area contributed by atoms with Gasteiger partial charge in [-0.05, 0) is 31.4 Å². The van der Waals surface area contributed by atoms with Crippen molar-refractivity contribution in [2.45, 2.75) is 19.3 Å². The normalized spacial score (nSPS) is 15.4. The van der Waals surface area contributed by atoms with Gasteiger partial charge in [-0.25, -0.2) is 4.79 Å². The lowest BCUT2D eigenvalue weighted by atomic mass is 10.1. The molecule has 2 rings (SSSR count). The summed E-state index contributed by atoms with van der Waals surface area (Å²) in [5.74, 6) is 0.